The van der Waals surface area contributed by atoms with Crippen LogP contribution in [0.15, 0.2) is 53.7 Å². The van der Waals surface area contributed by atoms with Crippen molar-refractivity contribution in [3.63, 3.8) is 0 Å². The molecule has 0 bridgehead atoms. The molecule has 0 saturated heterocycles. The molecule has 1 aliphatic rings. The monoisotopic (exact) mass is 385 g/mol. The lowest BCUT2D eigenvalue weighted by molar-refractivity contribution is -0.113. The number of halogens is 1. The van der Waals surface area contributed by atoms with E-state index in [9.17, 15) is 9.59 Å². The summed E-state index contributed by atoms with van der Waals surface area (Å²) >= 11 is 6.14. The highest BCUT2D eigenvalue weighted by atomic mass is 35.5. The maximum absolute atomic E-state index is 13.0. The quantitative estimate of drug-likeness (QED) is 0.746. The summed E-state index contributed by atoms with van der Waals surface area (Å²) in [4.78, 5) is 24.9. The fourth-order valence-corrected chi connectivity index (χ4v) is 3.09. The van der Waals surface area contributed by atoms with E-state index in [0.717, 1.165) is 11.1 Å². The number of carbonyl (C=O) groups excluding carboxylic acids is 2. The normalized spacial score (nSPS) is 16.4. The topological polar surface area (TPSA) is 79.5 Å². The smallest absolute Gasteiger partial charge is 0.319 e. The average Bonchev–Trinajstić information content (AvgIpc) is 2.64. The Balaban J connectivity index is 1.92. The van der Waals surface area contributed by atoms with E-state index < -0.39 is 6.04 Å². The van der Waals surface area contributed by atoms with Gasteiger partial charge in [0.15, 0.2) is 0 Å². The minimum Gasteiger partial charge on any atom is -0.497 e. The second-order valence-electron chi connectivity index (χ2n) is 6.26. The summed E-state index contributed by atoms with van der Waals surface area (Å²) in [5.41, 5.74) is 3.21. The van der Waals surface area contributed by atoms with Crippen LogP contribution in [0.5, 0.6) is 5.75 Å². The molecule has 3 amide bonds. The van der Waals surface area contributed by atoms with E-state index in [2.05, 4.69) is 16.0 Å². The zero-order chi connectivity index (χ0) is 19.6. The molecule has 27 heavy (non-hydrogen) atoms. The number of ether oxygens (including phenoxy) is 1. The summed E-state index contributed by atoms with van der Waals surface area (Å²) in [6.07, 6.45) is 0. The summed E-state index contributed by atoms with van der Waals surface area (Å²) in [5, 5.41) is 8.88. The highest BCUT2D eigenvalue weighted by Crippen LogP contribution is 2.29. The fraction of sp³-hybridized carbons (Fsp3) is 0.200. The molecule has 0 unspecified atom stereocenters. The van der Waals surface area contributed by atoms with Gasteiger partial charge in [-0.3, -0.25) is 4.79 Å². The van der Waals surface area contributed by atoms with Gasteiger partial charge in [-0.2, -0.15) is 0 Å². The van der Waals surface area contributed by atoms with Gasteiger partial charge in [0, 0.05) is 16.4 Å². The molecule has 0 saturated carbocycles. The second-order valence-corrected chi connectivity index (χ2v) is 6.67. The Hall–Kier alpha value is -2.99. The number of hydrogen-bond donors (Lipinski definition) is 3. The number of anilines is 1. The molecule has 2 aromatic rings. The molecule has 0 spiro atoms. The first-order valence-electron chi connectivity index (χ1n) is 8.39. The predicted octanol–water partition coefficient (Wildman–Crippen LogP) is 3.92. The SMILES string of the molecule is COc1ccc([C@H]2NC(=O)NC(C)=C2C(=O)Nc2ccc(C)c(Cl)c2)cc1. The molecule has 0 fully saturated rings. The van der Waals surface area contributed by atoms with Gasteiger partial charge in [-0.15, -0.1) is 0 Å². The lowest BCUT2D eigenvalue weighted by Gasteiger charge is -2.28. The average molecular weight is 386 g/mol. The van der Waals surface area contributed by atoms with Crippen LogP contribution in [-0.4, -0.2) is 19.0 Å². The van der Waals surface area contributed by atoms with E-state index in [1.54, 1.807) is 38.3 Å². The van der Waals surface area contributed by atoms with Gasteiger partial charge >= 0.3 is 6.03 Å². The van der Waals surface area contributed by atoms with Crippen LogP contribution in [0, 0.1) is 6.92 Å². The fourth-order valence-electron chi connectivity index (χ4n) is 2.91. The Morgan fingerprint density at radius 2 is 1.85 bits per heavy atom. The van der Waals surface area contributed by atoms with Gasteiger partial charge < -0.3 is 20.7 Å². The van der Waals surface area contributed by atoms with Crippen molar-refractivity contribution in [1.29, 1.82) is 0 Å². The molecule has 1 heterocycles. The van der Waals surface area contributed by atoms with Crippen LogP contribution in [0.1, 0.15) is 24.1 Å². The maximum atomic E-state index is 13.0. The molecule has 2 aromatic carbocycles. The largest absolute Gasteiger partial charge is 0.497 e. The zero-order valence-corrected chi connectivity index (χ0v) is 16.0. The first-order valence-corrected chi connectivity index (χ1v) is 8.76. The van der Waals surface area contributed by atoms with Gasteiger partial charge in [0.25, 0.3) is 5.91 Å². The second kappa shape index (κ2) is 7.72. The van der Waals surface area contributed by atoms with E-state index in [0.29, 0.717) is 27.7 Å². The number of rotatable bonds is 4. The molecule has 3 rings (SSSR count). The molecule has 6 nitrogen and oxygen atoms in total. The predicted molar refractivity (Wildman–Crippen MR) is 105 cm³/mol. The Morgan fingerprint density at radius 1 is 1.15 bits per heavy atom. The number of nitrogens with one attached hydrogen (secondary N) is 3. The van der Waals surface area contributed by atoms with E-state index in [1.807, 2.05) is 25.1 Å². The summed E-state index contributed by atoms with van der Waals surface area (Å²) in [5.74, 6) is 0.376. The minimum atomic E-state index is -0.578. The van der Waals surface area contributed by atoms with Crippen molar-refractivity contribution in [3.8, 4) is 5.75 Å². The zero-order valence-electron chi connectivity index (χ0n) is 15.2. The molecule has 0 aromatic heterocycles. The Bertz CT molecular complexity index is 923. The number of methoxy groups -OCH3 is 1. The van der Waals surface area contributed by atoms with Gasteiger partial charge in [-0.05, 0) is 49.2 Å². The van der Waals surface area contributed by atoms with Crippen LogP contribution in [0.25, 0.3) is 0 Å². The van der Waals surface area contributed by atoms with E-state index in [-0.39, 0.29) is 11.9 Å². The van der Waals surface area contributed by atoms with Crippen LogP contribution in [0.3, 0.4) is 0 Å². The highest BCUT2D eigenvalue weighted by Gasteiger charge is 2.31. The van der Waals surface area contributed by atoms with Crippen molar-refractivity contribution in [3.05, 3.63) is 69.9 Å². The van der Waals surface area contributed by atoms with Crippen molar-refractivity contribution in [2.75, 3.05) is 12.4 Å². The summed E-state index contributed by atoms with van der Waals surface area (Å²) < 4.78 is 5.17. The Labute approximate surface area is 162 Å². The van der Waals surface area contributed by atoms with E-state index >= 15 is 0 Å². The molecule has 1 atom stereocenters. The summed E-state index contributed by atoms with van der Waals surface area (Å²) in [7, 11) is 1.58. The standard InChI is InChI=1S/C20H20ClN3O3/c1-11-4-7-14(10-16(11)21)23-19(25)17-12(2)22-20(26)24-18(17)13-5-8-15(27-3)9-6-13/h4-10,18H,1-3H3,(H,23,25)(H2,22,24,26)/t18-/m1/s1. The molecular weight excluding hydrogens is 366 g/mol. The third-order valence-electron chi connectivity index (χ3n) is 4.39. The van der Waals surface area contributed by atoms with Crippen LogP contribution in [0.4, 0.5) is 10.5 Å². The van der Waals surface area contributed by atoms with Gasteiger partial charge in [0.05, 0.1) is 18.7 Å². The molecule has 0 radical (unpaired) electrons. The summed E-state index contributed by atoms with van der Waals surface area (Å²) in [6.45, 7) is 3.59. The van der Waals surface area contributed by atoms with Crippen molar-refractivity contribution in [2.45, 2.75) is 19.9 Å². The van der Waals surface area contributed by atoms with Crippen molar-refractivity contribution >= 4 is 29.2 Å². The number of carbonyl (C=O) groups is 2. The third kappa shape index (κ3) is 4.06. The molecule has 140 valence electrons. The van der Waals surface area contributed by atoms with Gasteiger partial charge in [0.2, 0.25) is 0 Å². The minimum absolute atomic E-state index is 0.319. The van der Waals surface area contributed by atoms with Crippen LogP contribution < -0.4 is 20.7 Å². The van der Waals surface area contributed by atoms with Gasteiger partial charge in [-0.1, -0.05) is 29.8 Å². The van der Waals surface area contributed by atoms with Gasteiger partial charge in [0.1, 0.15) is 5.75 Å². The van der Waals surface area contributed by atoms with Crippen LogP contribution in [0.2, 0.25) is 5.02 Å². The third-order valence-corrected chi connectivity index (χ3v) is 4.80. The van der Waals surface area contributed by atoms with E-state index in [4.69, 9.17) is 16.3 Å². The van der Waals surface area contributed by atoms with Crippen LogP contribution in [-0.2, 0) is 4.79 Å². The first-order chi connectivity index (χ1) is 12.9. The summed E-state index contributed by atoms with van der Waals surface area (Å²) in [6, 6.07) is 11.6. The van der Waals surface area contributed by atoms with Crippen molar-refractivity contribution in [1.82, 2.24) is 10.6 Å². The number of amides is 3. The Kier molecular flexibility index (Phi) is 5.37. The maximum Gasteiger partial charge on any atom is 0.319 e. The van der Waals surface area contributed by atoms with Gasteiger partial charge in [-0.25, -0.2) is 4.79 Å². The van der Waals surface area contributed by atoms with E-state index in [1.165, 1.54) is 0 Å². The van der Waals surface area contributed by atoms with Crippen molar-refractivity contribution < 1.29 is 14.3 Å². The van der Waals surface area contributed by atoms with Crippen LogP contribution >= 0.6 is 11.6 Å². The molecular formula is C20H20ClN3O3. The van der Waals surface area contributed by atoms with Crippen molar-refractivity contribution in [2.24, 2.45) is 0 Å². The molecule has 7 heteroatoms. The first kappa shape index (κ1) is 18.8. The number of aryl methyl sites for hydroxylation is 1. The highest BCUT2D eigenvalue weighted by molar-refractivity contribution is 6.31. The number of benzene rings is 2. The number of hydrogen-bond acceptors (Lipinski definition) is 3. The molecule has 0 aliphatic carbocycles. The molecule has 3 N–H and O–H groups in total. The lowest BCUT2D eigenvalue weighted by atomic mass is 9.94. The lowest BCUT2D eigenvalue weighted by Crippen LogP contribution is -2.45. The Morgan fingerprint density at radius 3 is 2.48 bits per heavy atom. The number of allylic oxidation sites excluding steroid dienone is 1. The number of urea groups is 1. The molecule has 1 aliphatic heterocycles.